The third-order valence-electron chi connectivity index (χ3n) is 5.18. The van der Waals surface area contributed by atoms with Gasteiger partial charge in [-0.3, -0.25) is 4.79 Å². The molecule has 1 aromatic carbocycles. The summed E-state index contributed by atoms with van der Waals surface area (Å²) in [4.78, 5) is 14.1. The maximum Gasteiger partial charge on any atom is 0.387 e. The van der Waals surface area contributed by atoms with Gasteiger partial charge in [0.2, 0.25) is 0 Å². The number of nitrogens with zero attached hydrogens (tertiary/aromatic N) is 3. The molecule has 2 atom stereocenters. The molecule has 1 amide bonds. The molecule has 0 saturated carbocycles. The lowest BCUT2D eigenvalue weighted by atomic mass is 9.89. The van der Waals surface area contributed by atoms with E-state index in [0.29, 0.717) is 21.8 Å². The van der Waals surface area contributed by atoms with Gasteiger partial charge in [0.15, 0.2) is 0 Å². The maximum atomic E-state index is 13.3. The van der Waals surface area contributed by atoms with E-state index in [1.165, 1.54) is 18.2 Å². The molecule has 0 spiro atoms. The van der Waals surface area contributed by atoms with Gasteiger partial charge in [0.1, 0.15) is 5.75 Å². The summed E-state index contributed by atoms with van der Waals surface area (Å²) in [5.41, 5.74) is 1.99. The minimum Gasteiger partial charge on any atom is -0.434 e. The van der Waals surface area contributed by atoms with Crippen LogP contribution in [0.25, 0.3) is 5.52 Å². The molecule has 27 heavy (non-hydrogen) atoms. The maximum absolute atomic E-state index is 13.3. The summed E-state index contributed by atoms with van der Waals surface area (Å²) >= 11 is 6.16. The third-order valence-corrected chi connectivity index (χ3v) is 5.41. The largest absolute Gasteiger partial charge is 0.434 e. The topological polar surface area (TPSA) is 46.8 Å². The van der Waals surface area contributed by atoms with Gasteiger partial charge >= 0.3 is 6.61 Å². The van der Waals surface area contributed by atoms with E-state index in [1.807, 2.05) is 0 Å². The molecule has 2 aliphatic rings. The number of amides is 1. The average Bonchev–Trinajstić information content (AvgIpc) is 3.13. The highest BCUT2D eigenvalue weighted by Gasteiger charge is 2.45. The number of carbonyl (C=O) groups is 1. The summed E-state index contributed by atoms with van der Waals surface area (Å²) in [6.07, 6.45) is 1.83. The Balaban J connectivity index is 1.85. The van der Waals surface area contributed by atoms with Crippen molar-refractivity contribution in [1.29, 1.82) is 0 Å². The Labute approximate surface area is 162 Å². The summed E-state index contributed by atoms with van der Waals surface area (Å²) in [7, 11) is 0. The van der Waals surface area contributed by atoms with Gasteiger partial charge in [-0.25, -0.2) is 4.52 Å². The van der Waals surface area contributed by atoms with Crippen LogP contribution in [-0.4, -0.2) is 34.0 Å². The van der Waals surface area contributed by atoms with E-state index < -0.39 is 31.5 Å². The minimum atomic E-state index is -3.09. The molecule has 3 heterocycles. The first-order chi connectivity index (χ1) is 14.2. The number of ether oxygens (including phenoxy) is 1. The number of fused-ring (bicyclic) bond motifs is 9. The van der Waals surface area contributed by atoms with E-state index in [-0.39, 0.29) is 23.3 Å². The third kappa shape index (κ3) is 2.27. The van der Waals surface area contributed by atoms with Crippen LogP contribution in [0.4, 0.5) is 8.78 Å². The standard InChI is InChI=1S/C19H14ClF2N3O2/c1-24-13-8-11(16-12-7-9(20)5-6-25(12)23-17(13)16)15-10(18(24)26)3-2-4-14(15)27-19(21)22/h2-7,11,13,19H,8H2,1H3/t11-,13-/m1/s1/i1D3. The number of hydrogen-bond acceptors (Lipinski definition) is 3. The Hall–Kier alpha value is -2.67. The van der Waals surface area contributed by atoms with Crippen molar-refractivity contribution in [1.82, 2.24) is 14.5 Å². The van der Waals surface area contributed by atoms with Gasteiger partial charge < -0.3 is 9.64 Å². The highest BCUT2D eigenvalue weighted by Crippen LogP contribution is 2.53. The molecule has 0 radical (unpaired) electrons. The molecule has 0 fully saturated rings. The molecule has 0 N–H and O–H groups in total. The smallest absolute Gasteiger partial charge is 0.387 e. The van der Waals surface area contributed by atoms with E-state index in [2.05, 4.69) is 5.10 Å². The fourth-order valence-electron chi connectivity index (χ4n) is 4.16. The second kappa shape index (κ2) is 5.66. The molecule has 0 unspecified atom stereocenters. The van der Waals surface area contributed by atoms with Crippen molar-refractivity contribution in [2.24, 2.45) is 0 Å². The van der Waals surface area contributed by atoms with Crippen LogP contribution < -0.4 is 4.74 Å². The van der Waals surface area contributed by atoms with E-state index >= 15 is 0 Å². The molecule has 0 saturated heterocycles. The van der Waals surface area contributed by atoms with Gasteiger partial charge in [-0.05, 0) is 30.7 Å². The van der Waals surface area contributed by atoms with Crippen LogP contribution in [0.15, 0.2) is 36.5 Å². The van der Waals surface area contributed by atoms with Crippen LogP contribution in [0.5, 0.6) is 5.75 Å². The molecule has 5 rings (SSSR count). The first-order valence-corrected chi connectivity index (χ1v) is 8.63. The fraction of sp³-hybridized carbons (Fsp3) is 0.263. The van der Waals surface area contributed by atoms with Gasteiger partial charge in [0.25, 0.3) is 5.91 Å². The minimum absolute atomic E-state index is 0.0313. The van der Waals surface area contributed by atoms with Gasteiger partial charge in [-0.15, -0.1) is 0 Å². The highest BCUT2D eigenvalue weighted by molar-refractivity contribution is 6.30. The van der Waals surface area contributed by atoms with Crippen LogP contribution in [0.2, 0.25) is 5.02 Å². The fourth-order valence-corrected chi connectivity index (χ4v) is 4.32. The van der Waals surface area contributed by atoms with Crippen molar-refractivity contribution >= 4 is 23.0 Å². The van der Waals surface area contributed by atoms with Crippen LogP contribution >= 0.6 is 11.6 Å². The van der Waals surface area contributed by atoms with Gasteiger partial charge in [0, 0.05) is 44.9 Å². The van der Waals surface area contributed by atoms with Crippen molar-refractivity contribution in [3.63, 3.8) is 0 Å². The predicted molar refractivity (Wildman–Crippen MR) is 94.6 cm³/mol. The average molecular weight is 393 g/mol. The van der Waals surface area contributed by atoms with Gasteiger partial charge in [-0.2, -0.15) is 13.9 Å². The van der Waals surface area contributed by atoms with Crippen LogP contribution in [0.3, 0.4) is 0 Å². The first kappa shape index (κ1) is 13.5. The summed E-state index contributed by atoms with van der Waals surface area (Å²) in [6.45, 7) is -5.84. The SMILES string of the molecule is [2H]C([2H])([2H])N1C(=O)c2cccc(OC(F)F)c2[C@H]2C[C@@H]1c1nn3ccc(Cl)cc3c12. The molecule has 1 aliphatic carbocycles. The van der Waals surface area contributed by atoms with Gasteiger partial charge in [-0.1, -0.05) is 17.7 Å². The van der Waals surface area contributed by atoms with Crippen molar-refractivity contribution in [2.75, 3.05) is 6.98 Å². The Morgan fingerprint density at radius 1 is 1.37 bits per heavy atom. The first-order valence-electron chi connectivity index (χ1n) is 9.76. The molecule has 1 aliphatic heterocycles. The summed E-state index contributed by atoms with van der Waals surface area (Å²) in [6, 6.07) is 6.67. The monoisotopic (exact) mass is 392 g/mol. The zero-order chi connectivity index (χ0) is 21.4. The molecule has 138 valence electrons. The normalized spacial score (nSPS) is 22.9. The Bertz CT molecular complexity index is 1200. The lowest BCUT2D eigenvalue weighted by Crippen LogP contribution is -2.30. The molecule has 2 bridgehead atoms. The molecular formula is C19H14ClF2N3O2. The Kier molecular flexibility index (Phi) is 2.83. The summed E-state index contributed by atoms with van der Waals surface area (Å²) in [5, 5.41) is 4.96. The number of carbonyl (C=O) groups excluding carboxylic acids is 1. The Morgan fingerprint density at radius 3 is 3.00 bits per heavy atom. The zero-order valence-corrected chi connectivity index (χ0v) is 14.5. The number of pyridine rings is 1. The second-order valence-corrected chi connectivity index (χ2v) is 6.99. The lowest BCUT2D eigenvalue weighted by Gasteiger charge is -2.23. The zero-order valence-electron chi connectivity index (χ0n) is 16.7. The number of aromatic nitrogens is 2. The quantitative estimate of drug-likeness (QED) is 0.655. The number of rotatable bonds is 2. The Morgan fingerprint density at radius 2 is 2.22 bits per heavy atom. The number of hydrogen-bond donors (Lipinski definition) is 0. The van der Waals surface area contributed by atoms with Crippen molar-refractivity contribution < 1.29 is 22.4 Å². The highest BCUT2D eigenvalue weighted by atomic mass is 35.5. The summed E-state index contributed by atoms with van der Waals surface area (Å²) in [5.74, 6) is -1.47. The summed E-state index contributed by atoms with van der Waals surface area (Å²) < 4.78 is 56.3. The van der Waals surface area contributed by atoms with Crippen LogP contribution in [0.1, 0.15) is 49.7 Å². The predicted octanol–water partition coefficient (Wildman–Crippen LogP) is 4.25. The number of halogens is 3. The molecule has 8 heteroatoms. The van der Waals surface area contributed by atoms with Gasteiger partial charge in [0.05, 0.1) is 17.3 Å². The van der Waals surface area contributed by atoms with E-state index in [1.54, 1.807) is 22.8 Å². The lowest BCUT2D eigenvalue weighted by molar-refractivity contribution is -0.0505. The number of alkyl halides is 2. The van der Waals surface area contributed by atoms with Crippen molar-refractivity contribution in [2.45, 2.75) is 25.0 Å². The molecular weight excluding hydrogens is 376 g/mol. The second-order valence-electron chi connectivity index (χ2n) is 6.55. The van der Waals surface area contributed by atoms with E-state index in [4.69, 9.17) is 20.5 Å². The molecule has 5 nitrogen and oxygen atoms in total. The molecule has 3 aromatic rings. The van der Waals surface area contributed by atoms with E-state index in [9.17, 15) is 13.6 Å². The van der Waals surface area contributed by atoms with E-state index in [0.717, 1.165) is 4.90 Å². The number of benzene rings is 1. The molecule has 2 aromatic heterocycles. The van der Waals surface area contributed by atoms with Crippen molar-refractivity contribution in [3.8, 4) is 5.75 Å². The van der Waals surface area contributed by atoms with Crippen molar-refractivity contribution in [3.05, 3.63) is 63.9 Å². The van der Waals surface area contributed by atoms with Crippen LogP contribution in [-0.2, 0) is 0 Å². The van der Waals surface area contributed by atoms with Crippen LogP contribution in [0, 0.1) is 0 Å².